The van der Waals surface area contributed by atoms with E-state index in [-0.39, 0.29) is 5.60 Å². The van der Waals surface area contributed by atoms with Crippen molar-refractivity contribution in [3.05, 3.63) is 17.8 Å². The first-order chi connectivity index (χ1) is 8.25. The molecule has 17 heavy (non-hydrogen) atoms. The molecule has 5 heterocycles. The number of hydrogen-bond donors (Lipinski definition) is 0. The van der Waals surface area contributed by atoms with E-state index in [1.807, 2.05) is 6.20 Å². The van der Waals surface area contributed by atoms with E-state index in [1.54, 1.807) is 0 Å². The molecule has 1 unspecified atom stereocenters. The molecule has 3 saturated heterocycles. The minimum absolute atomic E-state index is 0.0459. The Balaban J connectivity index is 1.71. The van der Waals surface area contributed by atoms with Crippen molar-refractivity contribution in [1.82, 2.24) is 9.88 Å². The predicted octanol–water partition coefficient (Wildman–Crippen LogP) is 0.275. The van der Waals surface area contributed by atoms with E-state index in [2.05, 4.69) is 32.2 Å². The number of rotatable bonds is 0. The SMILES string of the molecule is [Al][c]1cnc2c(c1)CC1(CN3CCC1CC3)O2. The Kier molecular flexibility index (Phi) is 2.12. The zero-order valence-electron chi connectivity index (χ0n) is 9.85. The predicted molar refractivity (Wildman–Crippen MR) is 65.9 cm³/mol. The summed E-state index contributed by atoms with van der Waals surface area (Å²) in [7, 11) is 0. The standard InChI is InChI=1S/C13H15N2O.Al/c1-2-10-8-13(16-12(10)14-5-1)9-15-6-3-11(13)4-7-15;/h2,5,11H,3-4,6-9H2;. The van der Waals surface area contributed by atoms with Crippen LogP contribution in [0, 0.1) is 5.92 Å². The Morgan fingerprint density at radius 3 is 2.94 bits per heavy atom. The molecule has 2 bridgehead atoms. The molecule has 4 aliphatic heterocycles. The maximum absolute atomic E-state index is 6.26. The molecule has 5 rings (SSSR count). The van der Waals surface area contributed by atoms with Gasteiger partial charge in [-0.05, 0) is 25.9 Å². The number of pyridine rings is 1. The first-order valence-electron chi connectivity index (χ1n) is 6.41. The van der Waals surface area contributed by atoms with Crippen LogP contribution in [0.1, 0.15) is 18.4 Å². The summed E-state index contributed by atoms with van der Waals surface area (Å²) < 4.78 is 7.42. The molecule has 0 saturated carbocycles. The normalized spacial score (nSPS) is 38.1. The molecule has 1 spiro atoms. The second-order valence-electron chi connectivity index (χ2n) is 5.63. The van der Waals surface area contributed by atoms with Crippen molar-refractivity contribution < 1.29 is 4.74 Å². The van der Waals surface area contributed by atoms with E-state index in [9.17, 15) is 0 Å². The summed E-state index contributed by atoms with van der Waals surface area (Å²) >= 11 is 2.72. The Morgan fingerprint density at radius 2 is 2.24 bits per heavy atom. The molecule has 0 aromatic carbocycles. The Hall–Kier alpha value is -0.558. The van der Waals surface area contributed by atoms with Crippen molar-refractivity contribution in [1.29, 1.82) is 0 Å². The molecule has 4 aliphatic rings. The Labute approximate surface area is 110 Å². The van der Waals surface area contributed by atoms with Crippen molar-refractivity contribution in [3.8, 4) is 5.88 Å². The summed E-state index contributed by atoms with van der Waals surface area (Å²) in [6.45, 7) is 3.61. The second-order valence-corrected chi connectivity index (χ2v) is 6.29. The zero-order valence-corrected chi connectivity index (χ0v) is 11.0. The fourth-order valence-corrected chi connectivity index (χ4v) is 4.00. The largest absolute Gasteiger partial charge is 0.469 e. The van der Waals surface area contributed by atoms with Gasteiger partial charge in [-0.1, -0.05) is 6.07 Å². The van der Waals surface area contributed by atoms with Crippen molar-refractivity contribution in [2.75, 3.05) is 19.6 Å². The quantitative estimate of drug-likeness (QED) is 0.611. The van der Waals surface area contributed by atoms with E-state index in [0.717, 1.165) is 29.2 Å². The van der Waals surface area contributed by atoms with Crippen LogP contribution < -0.4 is 9.16 Å². The van der Waals surface area contributed by atoms with E-state index >= 15 is 0 Å². The van der Waals surface area contributed by atoms with E-state index in [4.69, 9.17) is 4.74 Å². The molecule has 1 aromatic heterocycles. The third kappa shape index (κ3) is 1.48. The van der Waals surface area contributed by atoms with E-state index in [1.165, 1.54) is 31.5 Å². The number of ether oxygens (including phenoxy) is 1. The molecule has 1 atom stereocenters. The van der Waals surface area contributed by atoms with Gasteiger partial charge in [-0.25, -0.2) is 4.98 Å². The third-order valence-electron chi connectivity index (χ3n) is 4.56. The second kappa shape index (κ2) is 3.48. The molecular formula is C13H15AlN2O. The monoisotopic (exact) mass is 242 g/mol. The summed E-state index contributed by atoms with van der Waals surface area (Å²) in [6.07, 6.45) is 5.52. The highest BCUT2D eigenvalue weighted by Gasteiger charge is 2.52. The van der Waals surface area contributed by atoms with Gasteiger partial charge in [0.25, 0.3) is 0 Å². The summed E-state index contributed by atoms with van der Waals surface area (Å²) in [5.41, 5.74) is 1.34. The maximum Gasteiger partial charge on any atom is 0.217 e. The van der Waals surface area contributed by atoms with Crippen LogP contribution in [0.5, 0.6) is 5.88 Å². The number of aromatic nitrogens is 1. The summed E-state index contributed by atoms with van der Waals surface area (Å²) in [5, 5.41) is 0. The third-order valence-corrected chi connectivity index (χ3v) is 4.87. The number of fused-ring (bicyclic) bond motifs is 3. The van der Waals surface area contributed by atoms with Crippen molar-refractivity contribution in [2.45, 2.75) is 24.9 Å². The van der Waals surface area contributed by atoms with Crippen LogP contribution in [0.4, 0.5) is 0 Å². The lowest BCUT2D eigenvalue weighted by atomic mass is 9.73. The van der Waals surface area contributed by atoms with Crippen LogP contribution >= 0.6 is 0 Å². The fourth-order valence-electron chi connectivity index (χ4n) is 3.73. The van der Waals surface area contributed by atoms with Gasteiger partial charge < -0.3 is 4.74 Å². The average Bonchev–Trinajstić information content (AvgIpc) is 2.67. The fraction of sp³-hybridized carbons (Fsp3) is 0.615. The minimum Gasteiger partial charge on any atom is -0.469 e. The highest BCUT2D eigenvalue weighted by Crippen LogP contribution is 2.45. The molecule has 86 valence electrons. The van der Waals surface area contributed by atoms with Crippen LogP contribution in [0.25, 0.3) is 0 Å². The van der Waals surface area contributed by atoms with Crippen LogP contribution in [-0.4, -0.2) is 51.4 Å². The molecule has 0 N–H and O–H groups in total. The molecule has 0 aliphatic carbocycles. The minimum atomic E-state index is 0.0459. The average molecular weight is 242 g/mol. The number of nitrogens with zero attached hydrogens (tertiary/aromatic N) is 2. The lowest BCUT2D eigenvalue weighted by Gasteiger charge is -2.50. The first kappa shape index (κ1) is 10.4. The molecule has 1 aromatic rings. The summed E-state index contributed by atoms with van der Waals surface area (Å²) in [5.74, 6) is 1.61. The Bertz CT molecular complexity index is 470. The van der Waals surface area contributed by atoms with Gasteiger partial charge >= 0.3 is 0 Å². The molecule has 0 amide bonds. The van der Waals surface area contributed by atoms with Gasteiger partial charge in [-0.15, -0.1) is 4.43 Å². The van der Waals surface area contributed by atoms with Crippen LogP contribution in [0.15, 0.2) is 12.3 Å². The van der Waals surface area contributed by atoms with Gasteiger partial charge in [0.05, 0.1) is 0 Å². The van der Waals surface area contributed by atoms with Crippen molar-refractivity contribution in [3.63, 3.8) is 0 Å². The van der Waals surface area contributed by atoms with Crippen LogP contribution in [-0.2, 0) is 6.42 Å². The van der Waals surface area contributed by atoms with Gasteiger partial charge in [0.15, 0.2) is 16.3 Å². The molecular weight excluding hydrogens is 227 g/mol. The smallest absolute Gasteiger partial charge is 0.217 e. The Morgan fingerprint density at radius 1 is 1.41 bits per heavy atom. The van der Waals surface area contributed by atoms with Gasteiger partial charge in [0, 0.05) is 30.6 Å². The lowest BCUT2D eigenvalue weighted by Crippen LogP contribution is -2.61. The van der Waals surface area contributed by atoms with Crippen LogP contribution in [0.2, 0.25) is 0 Å². The summed E-state index contributed by atoms with van der Waals surface area (Å²) in [4.78, 5) is 6.98. The van der Waals surface area contributed by atoms with Gasteiger partial charge in [-0.2, -0.15) is 0 Å². The van der Waals surface area contributed by atoms with Gasteiger partial charge in [-0.3, -0.25) is 4.90 Å². The van der Waals surface area contributed by atoms with Gasteiger partial charge in [0.2, 0.25) is 5.88 Å². The molecule has 3 nitrogen and oxygen atoms in total. The van der Waals surface area contributed by atoms with E-state index in [0.29, 0.717) is 0 Å². The highest BCUT2D eigenvalue weighted by molar-refractivity contribution is 6.32. The number of hydrogen-bond acceptors (Lipinski definition) is 3. The summed E-state index contributed by atoms with van der Waals surface area (Å²) in [6, 6.07) is 2.21. The van der Waals surface area contributed by atoms with Crippen molar-refractivity contribution >= 4 is 20.7 Å². The lowest BCUT2D eigenvalue weighted by molar-refractivity contribution is -0.0814. The zero-order chi connectivity index (χ0) is 11.5. The highest BCUT2D eigenvalue weighted by atomic mass is 27.0. The van der Waals surface area contributed by atoms with E-state index < -0.39 is 0 Å². The molecule has 2 radical (unpaired) electrons. The van der Waals surface area contributed by atoms with Gasteiger partial charge in [0.1, 0.15) is 5.60 Å². The topological polar surface area (TPSA) is 25.4 Å². The molecule has 3 fully saturated rings. The van der Waals surface area contributed by atoms with Crippen molar-refractivity contribution in [2.24, 2.45) is 5.92 Å². The van der Waals surface area contributed by atoms with Crippen LogP contribution in [0.3, 0.4) is 0 Å². The first-order valence-corrected chi connectivity index (χ1v) is 6.99. The maximum atomic E-state index is 6.26. The molecule has 4 heteroatoms. The number of piperidine rings is 3.